The number of amides is 1. The summed E-state index contributed by atoms with van der Waals surface area (Å²) in [7, 11) is -3.54. The average molecular weight is 350 g/mol. The smallest absolute Gasteiger partial charge is 0.275 e. The fraction of sp³-hybridized carbons (Fsp3) is 0.500. The predicted molar refractivity (Wildman–Crippen MR) is 90.6 cm³/mol. The molecule has 1 saturated heterocycles. The third-order valence-electron chi connectivity index (χ3n) is 4.56. The molecule has 2 aromatic heterocycles. The Labute approximate surface area is 141 Å². The lowest BCUT2D eigenvalue weighted by molar-refractivity contribution is 0.0570. The number of sulfone groups is 1. The largest absolute Gasteiger partial charge is 0.333 e. The molecule has 0 bridgehead atoms. The molecule has 1 amide bonds. The van der Waals surface area contributed by atoms with Gasteiger partial charge in [-0.2, -0.15) is 0 Å². The molecule has 2 unspecified atom stereocenters. The summed E-state index contributed by atoms with van der Waals surface area (Å²) >= 11 is 0. The van der Waals surface area contributed by atoms with E-state index < -0.39 is 9.84 Å². The molecule has 130 valence electrons. The molecule has 1 aliphatic heterocycles. The molecule has 8 heteroatoms. The van der Waals surface area contributed by atoms with Crippen LogP contribution in [0.1, 0.15) is 30.3 Å². The fourth-order valence-corrected chi connectivity index (χ4v) is 4.08. The number of aromatic nitrogens is 2. The molecule has 1 fully saturated rings. The van der Waals surface area contributed by atoms with Crippen LogP contribution in [0, 0.1) is 5.92 Å². The van der Waals surface area contributed by atoms with E-state index in [0.717, 1.165) is 19.1 Å². The van der Waals surface area contributed by atoms with Gasteiger partial charge < -0.3 is 10.6 Å². The van der Waals surface area contributed by atoms with Crippen LogP contribution in [0.4, 0.5) is 0 Å². The molecule has 3 heterocycles. The molecule has 0 spiro atoms. The highest BCUT2D eigenvalue weighted by Gasteiger charge is 2.32. The number of rotatable bonds is 3. The highest BCUT2D eigenvalue weighted by atomic mass is 32.2. The molecule has 0 radical (unpaired) electrons. The van der Waals surface area contributed by atoms with Gasteiger partial charge in [-0.3, -0.25) is 9.20 Å². The summed E-state index contributed by atoms with van der Waals surface area (Å²) in [4.78, 5) is 18.9. The highest BCUT2D eigenvalue weighted by molar-refractivity contribution is 7.90. The fourth-order valence-electron chi connectivity index (χ4n) is 3.31. The summed E-state index contributed by atoms with van der Waals surface area (Å²) in [5.41, 5.74) is 6.51. The lowest BCUT2D eigenvalue weighted by Gasteiger charge is -2.37. The van der Waals surface area contributed by atoms with Gasteiger partial charge in [0.05, 0.1) is 5.52 Å². The number of pyridine rings is 1. The Hall–Kier alpha value is -1.93. The van der Waals surface area contributed by atoms with E-state index in [1.165, 1.54) is 4.40 Å². The Morgan fingerprint density at radius 1 is 1.42 bits per heavy atom. The number of carbonyl (C=O) groups excluding carboxylic acids is 1. The molecule has 24 heavy (non-hydrogen) atoms. The predicted octanol–water partition coefficient (Wildman–Crippen LogP) is 0.937. The van der Waals surface area contributed by atoms with Crippen LogP contribution in [-0.4, -0.2) is 54.0 Å². The second kappa shape index (κ2) is 6.18. The summed E-state index contributed by atoms with van der Waals surface area (Å²) in [6.07, 6.45) is 4.46. The lowest BCUT2D eigenvalue weighted by Crippen LogP contribution is -2.49. The molecule has 0 saturated carbocycles. The van der Waals surface area contributed by atoms with E-state index in [1.54, 1.807) is 29.3 Å². The van der Waals surface area contributed by atoms with Crippen LogP contribution in [-0.2, 0) is 9.84 Å². The van der Waals surface area contributed by atoms with Crippen LogP contribution >= 0.6 is 0 Å². The van der Waals surface area contributed by atoms with Gasteiger partial charge in [0.25, 0.3) is 5.91 Å². The monoisotopic (exact) mass is 350 g/mol. The SMILES string of the molecule is CC1CCN(C(=O)c2nc(S(C)(=O)=O)n3ccccc23)C(CN)C1. The van der Waals surface area contributed by atoms with Crippen molar-refractivity contribution in [2.24, 2.45) is 11.7 Å². The van der Waals surface area contributed by atoms with E-state index in [2.05, 4.69) is 11.9 Å². The minimum absolute atomic E-state index is 0.0385. The highest BCUT2D eigenvalue weighted by Crippen LogP contribution is 2.25. The van der Waals surface area contributed by atoms with Crippen LogP contribution in [0.3, 0.4) is 0 Å². The molecule has 0 aliphatic carbocycles. The molecule has 7 nitrogen and oxygen atoms in total. The first-order valence-corrected chi connectivity index (χ1v) is 9.90. The van der Waals surface area contributed by atoms with Gasteiger partial charge in [-0.25, -0.2) is 13.4 Å². The Morgan fingerprint density at radius 3 is 2.83 bits per heavy atom. The summed E-state index contributed by atoms with van der Waals surface area (Å²) in [6, 6.07) is 5.14. The van der Waals surface area contributed by atoms with Crippen LogP contribution in [0.25, 0.3) is 5.52 Å². The minimum Gasteiger partial charge on any atom is -0.333 e. The Morgan fingerprint density at radius 2 is 2.17 bits per heavy atom. The van der Waals surface area contributed by atoms with Crippen molar-refractivity contribution in [3.63, 3.8) is 0 Å². The van der Waals surface area contributed by atoms with Crippen molar-refractivity contribution in [2.45, 2.75) is 31.0 Å². The van der Waals surface area contributed by atoms with Crippen molar-refractivity contribution < 1.29 is 13.2 Å². The van der Waals surface area contributed by atoms with Gasteiger partial charge in [0, 0.05) is 31.6 Å². The number of piperidine rings is 1. The van der Waals surface area contributed by atoms with Crippen molar-refractivity contribution in [3.05, 3.63) is 30.1 Å². The number of imidazole rings is 1. The third kappa shape index (κ3) is 2.91. The van der Waals surface area contributed by atoms with Gasteiger partial charge in [-0.05, 0) is 30.9 Å². The quantitative estimate of drug-likeness (QED) is 0.888. The molecule has 0 aromatic carbocycles. The number of likely N-dealkylation sites (tertiary alicyclic amines) is 1. The zero-order chi connectivity index (χ0) is 17.5. The maximum absolute atomic E-state index is 13.0. The summed E-state index contributed by atoms with van der Waals surface area (Å²) in [5, 5.41) is -0.115. The number of nitrogens with zero attached hydrogens (tertiary/aromatic N) is 3. The van der Waals surface area contributed by atoms with Gasteiger partial charge >= 0.3 is 0 Å². The number of hydrogen-bond donors (Lipinski definition) is 1. The molecule has 2 aromatic rings. The maximum Gasteiger partial charge on any atom is 0.275 e. The van der Waals surface area contributed by atoms with Gasteiger partial charge in [-0.1, -0.05) is 13.0 Å². The summed E-state index contributed by atoms with van der Waals surface area (Å²) in [6.45, 7) is 3.15. The molecule has 2 atom stereocenters. The Bertz CT molecular complexity index is 875. The van der Waals surface area contributed by atoms with Crippen LogP contribution in [0.2, 0.25) is 0 Å². The van der Waals surface area contributed by atoms with Crippen molar-refractivity contribution in [3.8, 4) is 0 Å². The van der Waals surface area contributed by atoms with Crippen LogP contribution in [0.15, 0.2) is 29.6 Å². The second-order valence-corrected chi connectivity index (χ2v) is 8.40. The zero-order valence-electron chi connectivity index (χ0n) is 13.8. The van der Waals surface area contributed by atoms with E-state index in [9.17, 15) is 13.2 Å². The van der Waals surface area contributed by atoms with Crippen molar-refractivity contribution in [2.75, 3.05) is 19.3 Å². The minimum atomic E-state index is -3.54. The normalized spacial score (nSPS) is 22.0. The van der Waals surface area contributed by atoms with Gasteiger partial charge in [0.15, 0.2) is 5.69 Å². The molecule has 3 rings (SSSR count). The van der Waals surface area contributed by atoms with Gasteiger partial charge in [0.2, 0.25) is 15.0 Å². The topological polar surface area (TPSA) is 97.8 Å². The molecular weight excluding hydrogens is 328 g/mol. The van der Waals surface area contributed by atoms with Gasteiger partial charge in [0.1, 0.15) is 0 Å². The maximum atomic E-state index is 13.0. The van der Waals surface area contributed by atoms with Crippen molar-refractivity contribution >= 4 is 21.3 Å². The second-order valence-electron chi connectivity index (χ2n) is 6.49. The number of carbonyl (C=O) groups is 1. The Balaban J connectivity index is 2.08. The number of nitrogens with two attached hydrogens (primary N) is 1. The van der Waals surface area contributed by atoms with Crippen molar-refractivity contribution in [1.82, 2.24) is 14.3 Å². The standard InChI is InChI=1S/C16H22N4O3S/c1-11-6-8-19(12(9-11)10-17)15(21)14-13-5-3-4-7-20(13)16(18-14)24(2,22)23/h3-5,7,11-12H,6,8-10,17H2,1-2H3. The molecule has 2 N–H and O–H groups in total. The summed E-state index contributed by atoms with van der Waals surface area (Å²) < 4.78 is 25.4. The van der Waals surface area contributed by atoms with E-state index >= 15 is 0 Å². The first kappa shape index (κ1) is 16.9. The molecule has 1 aliphatic rings. The number of hydrogen-bond acceptors (Lipinski definition) is 5. The van der Waals surface area contributed by atoms with E-state index in [1.807, 2.05) is 0 Å². The van der Waals surface area contributed by atoms with Crippen molar-refractivity contribution in [1.29, 1.82) is 0 Å². The first-order valence-electron chi connectivity index (χ1n) is 8.01. The average Bonchev–Trinajstić information content (AvgIpc) is 2.94. The first-order chi connectivity index (χ1) is 11.3. The number of fused-ring (bicyclic) bond motifs is 1. The molecular formula is C16H22N4O3S. The zero-order valence-corrected chi connectivity index (χ0v) is 14.7. The van der Waals surface area contributed by atoms with Crippen LogP contribution < -0.4 is 5.73 Å². The van der Waals surface area contributed by atoms with E-state index in [-0.39, 0.29) is 22.8 Å². The van der Waals surface area contributed by atoms with E-state index in [0.29, 0.717) is 24.5 Å². The Kier molecular flexibility index (Phi) is 4.35. The van der Waals surface area contributed by atoms with Crippen LogP contribution in [0.5, 0.6) is 0 Å². The van der Waals surface area contributed by atoms with E-state index in [4.69, 9.17) is 5.73 Å². The summed E-state index contributed by atoms with van der Waals surface area (Å²) in [5.74, 6) is 0.267. The lowest BCUT2D eigenvalue weighted by atomic mass is 9.92. The van der Waals surface area contributed by atoms with Gasteiger partial charge in [-0.15, -0.1) is 0 Å². The third-order valence-corrected chi connectivity index (χ3v) is 5.51.